The number of anilines is 2. The maximum Gasteiger partial charge on any atom is 0.416 e. The van der Waals surface area contributed by atoms with Crippen molar-refractivity contribution in [3.63, 3.8) is 0 Å². The third-order valence-electron chi connectivity index (χ3n) is 4.80. The Bertz CT molecular complexity index is 1400. The van der Waals surface area contributed by atoms with Crippen LogP contribution in [0.15, 0.2) is 67.1 Å². The fourth-order valence-electron chi connectivity index (χ4n) is 3.11. The number of carbonyl (C=O) groups is 1. The molecule has 0 radical (unpaired) electrons. The lowest BCUT2D eigenvalue weighted by atomic mass is 10.2. The molecule has 184 valence electrons. The molecule has 0 unspecified atom stereocenters. The lowest BCUT2D eigenvalue weighted by Gasteiger charge is -2.13. The number of amides is 2. The van der Waals surface area contributed by atoms with Gasteiger partial charge < -0.3 is 15.4 Å². The SMILES string of the molecule is CCc1ncnc(-c2cccnc2Oc2ccc(Cl)c(NC(=O)Nc3cccc(C(F)(F)F)c3)c2)n1. The maximum absolute atomic E-state index is 12.9. The number of ether oxygens (including phenoxy) is 1. The number of rotatable bonds is 6. The molecule has 36 heavy (non-hydrogen) atoms. The van der Waals surface area contributed by atoms with Crippen molar-refractivity contribution in [3.05, 3.63) is 83.5 Å². The van der Waals surface area contributed by atoms with Crippen LogP contribution in [0.2, 0.25) is 5.02 Å². The molecule has 2 N–H and O–H groups in total. The first-order valence-corrected chi connectivity index (χ1v) is 11.0. The number of nitrogens with one attached hydrogen (secondary N) is 2. The molecule has 4 aromatic rings. The molecular formula is C24H18ClF3N6O2. The van der Waals surface area contributed by atoms with E-state index in [0.717, 1.165) is 12.1 Å². The van der Waals surface area contributed by atoms with E-state index >= 15 is 0 Å². The second-order valence-electron chi connectivity index (χ2n) is 7.34. The van der Waals surface area contributed by atoms with Gasteiger partial charge in [0, 0.05) is 24.4 Å². The Morgan fingerprint density at radius 1 is 1.03 bits per heavy atom. The Labute approximate surface area is 208 Å². The minimum Gasteiger partial charge on any atom is -0.438 e. The third-order valence-corrected chi connectivity index (χ3v) is 5.13. The fourth-order valence-corrected chi connectivity index (χ4v) is 3.27. The molecule has 0 fully saturated rings. The van der Waals surface area contributed by atoms with E-state index in [1.165, 1.54) is 30.6 Å². The van der Waals surface area contributed by atoms with Crippen molar-refractivity contribution in [1.29, 1.82) is 0 Å². The van der Waals surface area contributed by atoms with Crippen molar-refractivity contribution < 1.29 is 22.7 Å². The van der Waals surface area contributed by atoms with Gasteiger partial charge in [-0.25, -0.2) is 24.7 Å². The molecule has 2 aromatic heterocycles. The molecule has 0 saturated heterocycles. The van der Waals surface area contributed by atoms with E-state index in [1.54, 1.807) is 24.4 Å². The zero-order chi connectivity index (χ0) is 25.7. The van der Waals surface area contributed by atoms with Crippen LogP contribution in [0.5, 0.6) is 11.6 Å². The molecule has 0 spiro atoms. The molecule has 0 aliphatic rings. The summed E-state index contributed by atoms with van der Waals surface area (Å²) in [7, 11) is 0. The summed E-state index contributed by atoms with van der Waals surface area (Å²) in [6.45, 7) is 1.92. The number of carbonyl (C=O) groups excluding carboxylic acids is 1. The van der Waals surface area contributed by atoms with Crippen molar-refractivity contribution in [2.45, 2.75) is 19.5 Å². The van der Waals surface area contributed by atoms with Crippen molar-refractivity contribution >= 4 is 29.0 Å². The summed E-state index contributed by atoms with van der Waals surface area (Å²) in [5.41, 5.74) is -0.220. The number of pyridine rings is 1. The van der Waals surface area contributed by atoms with E-state index in [4.69, 9.17) is 16.3 Å². The average molecular weight is 515 g/mol. The highest BCUT2D eigenvalue weighted by molar-refractivity contribution is 6.33. The number of urea groups is 1. The molecule has 0 bridgehead atoms. The highest BCUT2D eigenvalue weighted by Gasteiger charge is 2.30. The standard InChI is InChI=1S/C24H18ClF3N6O2/c1-2-20-30-13-31-21(34-20)17-7-4-10-29-22(17)36-16-8-9-18(25)19(12-16)33-23(35)32-15-6-3-5-14(11-15)24(26,27)28/h3-13H,2H2,1H3,(H2,32,33,35). The summed E-state index contributed by atoms with van der Waals surface area (Å²) in [4.78, 5) is 29.4. The molecule has 0 atom stereocenters. The molecule has 12 heteroatoms. The molecule has 0 aliphatic heterocycles. The number of hydrogen-bond acceptors (Lipinski definition) is 6. The van der Waals surface area contributed by atoms with Crippen LogP contribution in [0.3, 0.4) is 0 Å². The molecule has 8 nitrogen and oxygen atoms in total. The van der Waals surface area contributed by atoms with Gasteiger partial charge in [-0.15, -0.1) is 0 Å². The van der Waals surface area contributed by atoms with Gasteiger partial charge in [0.15, 0.2) is 5.82 Å². The van der Waals surface area contributed by atoms with Crippen molar-refractivity contribution in [3.8, 4) is 23.0 Å². The summed E-state index contributed by atoms with van der Waals surface area (Å²) in [6.07, 6.45) is -0.961. The van der Waals surface area contributed by atoms with Crippen LogP contribution in [0.25, 0.3) is 11.4 Å². The first-order valence-electron chi connectivity index (χ1n) is 10.6. The van der Waals surface area contributed by atoms with Crippen molar-refractivity contribution in [1.82, 2.24) is 19.9 Å². The lowest BCUT2D eigenvalue weighted by Crippen LogP contribution is -2.20. The third kappa shape index (κ3) is 6.05. The van der Waals surface area contributed by atoms with Gasteiger partial charge in [0.1, 0.15) is 17.9 Å². The molecule has 0 aliphatic carbocycles. The van der Waals surface area contributed by atoms with Crippen LogP contribution in [-0.2, 0) is 12.6 Å². The lowest BCUT2D eigenvalue weighted by molar-refractivity contribution is -0.137. The quantitative estimate of drug-likeness (QED) is 0.300. The topological polar surface area (TPSA) is 102 Å². The largest absolute Gasteiger partial charge is 0.438 e. The predicted octanol–water partition coefficient (Wildman–Crippen LogP) is 6.60. The molecule has 4 rings (SSSR count). The minimum atomic E-state index is -4.53. The zero-order valence-corrected chi connectivity index (χ0v) is 19.4. The summed E-state index contributed by atoms with van der Waals surface area (Å²) < 4.78 is 44.7. The van der Waals surface area contributed by atoms with Crippen LogP contribution in [-0.4, -0.2) is 26.0 Å². The van der Waals surface area contributed by atoms with Crippen LogP contribution in [0.1, 0.15) is 18.3 Å². The Balaban J connectivity index is 1.52. The van der Waals surface area contributed by atoms with Crippen molar-refractivity contribution in [2.24, 2.45) is 0 Å². The minimum absolute atomic E-state index is 0.0345. The number of halogens is 4. The molecule has 0 saturated carbocycles. The van der Waals surface area contributed by atoms with Crippen LogP contribution >= 0.6 is 11.6 Å². The summed E-state index contributed by atoms with van der Waals surface area (Å²) in [5, 5.41) is 5.05. The number of aromatic nitrogens is 4. The Morgan fingerprint density at radius 3 is 2.64 bits per heavy atom. The van der Waals surface area contributed by atoms with Gasteiger partial charge in [-0.3, -0.25) is 0 Å². The van der Waals surface area contributed by atoms with E-state index < -0.39 is 17.8 Å². The smallest absolute Gasteiger partial charge is 0.416 e. The number of nitrogens with zero attached hydrogens (tertiary/aromatic N) is 4. The second-order valence-corrected chi connectivity index (χ2v) is 7.74. The van der Waals surface area contributed by atoms with Gasteiger partial charge in [-0.2, -0.15) is 13.2 Å². The van der Waals surface area contributed by atoms with E-state index in [-0.39, 0.29) is 22.3 Å². The molecule has 2 heterocycles. The van der Waals surface area contributed by atoms with E-state index in [2.05, 4.69) is 30.6 Å². The molecular weight excluding hydrogens is 497 g/mol. The number of aryl methyl sites for hydroxylation is 1. The van der Waals surface area contributed by atoms with E-state index in [1.807, 2.05) is 6.92 Å². The van der Waals surface area contributed by atoms with Crippen molar-refractivity contribution in [2.75, 3.05) is 10.6 Å². The first kappa shape index (κ1) is 24.9. The normalized spacial score (nSPS) is 11.1. The predicted molar refractivity (Wildman–Crippen MR) is 128 cm³/mol. The Morgan fingerprint density at radius 2 is 1.86 bits per heavy atom. The van der Waals surface area contributed by atoms with Gasteiger partial charge in [0.25, 0.3) is 0 Å². The summed E-state index contributed by atoms with van der Waals surface area (Å²) in [6, 6.07) is 11.5. The molecule has 2 amide bonds. The highest BCUT2D eigenvalue weighted by atomic mass is 35.5. The van der Waals surface area contributed by atoms with E-state index in [9.17, 15) is 18.0 Å². The second kappa shape index (κ2) is 10.6. The van der Waals surface area contributed by atoms with Crippen LogP contribution < -0.4 is 15.4 Å². The van der Waals surface area contributed by atoms with Gasteiger partial charge in [-0.1, -0.05) is 24.6 Å². The summed E-state index contributed by atoms with van der Waals surface area (Å²) in [5.74, 6) is 1.50. The van der Waals surface area contributed by atoms with E-state index in [0.29, 0.717) is 29.4 Å². The monoisotopic (exact) mass is 514 g/mol. The van der Waals surface area contributed by atoms with Gasteiger partial charge in [0.2, 0.25) is 5.88 Å². The fraction of sp³-hybridized carbons (Fsp3) is 0.125. The average Bonchev–Trinajstić information content (AvgIpc) is 2.86. The zero-order valence-electron chi connectivity index (χ0n) is 18.7. The van der Waals surface area contributed by atoms with Gasteiger partial charge in [0.05, 0.1) is 21.8 Å². The maximum atomic E-state index is 12.9. The number of alkyl halides is 3. The number of benzene rings is 2. The summed E-state index contributed by atoms with van der Waals surface area (Å²) >= 11 is 6.20. The first-order chi connectivity index (χ1) is 17.2. The highest BCUT2D eigenvalue weighted by Crippen LogP contribution is 2.33. The molecule has 2 aromatic carbocycles. The number of hydrogen-bond donors (Lipinski definition) is 2. The van der Waals surface area contributed by atoms with Gasteiger partial charge in [-0.05, 0) is 42.5 Å². The van der Waals surface area contributed by atoms with Gasteiger partial charge >= 0.3 is 12.2 Å². The Kier molecular flexibility index (Phi) is 7.30. The van der Waals surface area contributed by atoms with Crippen LogP contribution in [0.4, 0.5) is 29.3 Å². The Hall–Kier alpha value is -4.25. The van der Waals surface area contributed by atoms with Crippen LogP contribution in [0, 0.1) is 0 Å².